The molecule has 1 aromatic carbocycles. The Morgan fingerprint density at radius 2 is 2.10 bits per heavy atom. The van der Waals surface area contributed by atoms with Gasteiger partial charge in [-0.1, -0.05) is 17.7 Å². The number of thiophene rings is 1. The van der Waals surface area contributed by atoms with E-state index in [0.29, 0.717) is 36.0 Å². The van der Waals surface area contributed by atoms with Crippen LogP contribution in [0.2, 0.25) is 5.02 Å². The molecule has 1 atom stereocenters. The van der Waals surface area contributed by atoms with Gasteiger partial charge in [0.1, 0.15) is 12.3 Å². The van der Waals surface area contributed by atoms with E-state index in [2.05, 4.69) is 10.3 Å². The summed E-state index contributed by atoms with van der Waals surface area (Å²) in [6.07, 6.45) is 2.58. The molecule has 0 aliphatic carbocycles. The molecule has 10 heteroatoms. The fourth-order valence-electron chi connectivity index (χ4n) is 3.23. The number of nitrogens with one attached hydrogen (secondary N) is 1. The molecule has 1 aliphatic heterocycles. The largest absolute Gasteiger partial charge is 0.443 e. The van der Waals surface area contributed by atoms with Gasteiger partial charge in [-0.15, -0.1) is 11.3 Å². The second-order valence-electron chi connectivity index (χ2n) is 6.57. The van der Waals surface area contributed by atoms with Crippen molar-refractivity contribution in [1.82, 2.24) is 14.6 Å². The van der Waals surface area contributed by atoms with Gasteiger partial charge in [-0.25, -0.2) is 13.4 Å². The summed E-state index contributed by atoms with van der Waals surface area (Å²) in [5.74, 6) is 0.151. The minimum absolute atomic E-state index is 0.124. The average Bonchev–Trinajstić information content (AvgIpc) is 3.47. The molecule has 3 aromatic rings. The highest BCUT2D eigenvalue weighted by atomic mass is 35.5. The number of hydrogen-bond acceptors (Lipinski definition) is 6. The van der Waals surface area contributed by atoms with Crippen molar-refractivity contribution >= 4 is 38.9 Å². The Morgan fingerprint density at radius 1 is 1.31 bits per heavy atom. The van der Waals surface area contributed by atoms with Gasteiger partial charge in [-0.3, -0.25) is 4.79 Å². The molecule has 1 fully saturated rings. The molecule has 0 saturated carbocycles. The van der Waals surface area contributed by atoms with Gasteiger partial charge in [0.25, 0.3) is 0 Å². The van der Waals surface area contributed by atoms with Gasteiger partial charge < -0.3 is 9.73 Å². The van der Waals surface area contributed by atoms with Crippen molar-refractivity contribution in [2.45, 2.75) is 30.3 Å². The SMILES string of the molecule is O=C(NCc1coc(-c2cccs2)n1)[C@@H]1CCCN1S(=O)(=O)c1ccc(Cl)cc1. The number of benzene rings is 1. The lowest BCUT2D eigenvalue weighted by Gasteiger charge is -2.23. The second kappa shape index (κ2) is 8.27. The standard InChI is InChI=1S/C19H18ClN3O4S2/c20-13-5-7-15(8-6-13)29(25,26)23-9-1-3-16(23)18(24)21-11-14-12-27-19(22-14)17-4-2-10-28-17/h2,4-8,10,12,16H,1,3,9,11H2,(H,21,24)/t16-/m0/s1. The van der Waals surface area contributed by atoms with E-state index < -0.39 is 16.1 Å². The third-order valence-corrected chi connectivity index (χ3v) is 7.69. The van der Waals surface area contributed by atoms with E-state index in [4.69, 9.17) is 16.0 Å². The average molecular weight is 452 g/mol. The summed E-state index contributed by atoms with van der Waals surface area (Å²) in [4.78, 5) is 18.1. The molecule has 1 aliphatic rings. The monoisotopic (exact) mass is 451 g/mol. The van der Waals surface area contributed by atoms with Crippen LogP contribution in [0, 0.1) is 0 Å². The molecule has 2 aromatic heterocycles. The van der Waals surface area contributed by atoms with Gasteiger partial charge >= 0.3 is 0 Å². The lowest BCUT2D eigenvalue weighted by atomic mass is 10.2. The maximum Gasteiger partial charge on any atom is 0.243 e. The molecule has 4 rings (SSSR count). The molecule has 0 unspecified atom stereocenters. The van der Waals surface area contributed by atoms with Gasteiger partial charge in [-0.05, 0) is 48.6 Å². The third-order valence-electron chi connectivity index (χ3n) is 4.65. The van der Waals surface area contributed by atoms with E-state index >= 15 is 0 Å². The van der Waals surface area contributed by atoms with Crippen molar-refractivity contribution in [1.29, 1.82) is 0 Å². The van der Waals surface area contributed by atoms with Crippen LogP contribution >= 0.6 is 22.9 Å². The van der Waals surface area contributed by atoms with E-state index in [1.807, 2.05) is 17.5 Å². The first-order chi connectivity index (χ1) is 13.9. The molecule has 7 nitrogen and oxygen atoms in total. The van der Waals surface area contributed by atoms with Crippen LogP contribution in [0.3, 0.4) is 0 Å². The molecule has 0 bridgehead atoms. The molecule has 1 saturated heterocycles. The highest BCUT2D eigenvalue weighted by Gasteiger charge is 2.39. The fraction of sp³-hybridized carbons (Fsp3) is 0.263. The molecule has 29 heavy (non-hydrogen) atoms. The number of sulfonamides is 1. The van der Waals surface area contributed by atoms with Crippen molar-refractivity contribution in [3.8, 4) is 10.8 Å². The molecular formula is C19H18ClN3O4S2. The van der Waals surface area contributed by atoms with Crippen LogP contribution in [-0.2, 0) is 21.4 Å². The Kier molecular flexibility index (Phi) is 5.73. The van der Waals surface area contributed by atoms with Gasteiger partial charge in [0.05, 0.1) is 22.0 Å². The van der Waals surface area contributed by atoms with E-state index in [1.165, 1.54) is 46.2 Å². The molecule has 1 amide bonds. The summed E-state index contributed by atoms with van der Waals surface area (Å²) in [5, 5.41) is 5.16. The fourth-order valence-corrected chi connectivity index (χ4v) is 5.67. The molecule has 0 radical (unpaired) electrons. The van der Waals surface area contributed by atoms with Gasteiger partial charge in [0, 0.05) is 11.6 Å². The molecule has 152 valence electrons. The molecule has 0 spiro atoms. The summed E-state index contributed by atoms with van der Waals surface area (Å²) >= 11 is 7.36. The zero-order chi connectivity index (χ0) is 20.4. The number of nitrogens with zero attached hydrogens (tertiary/aromatic N) is 2. The number of amides is 1. The highest BCUT2D eigenvalue weighted by molar-refractivity contribution is 7.89. The number of carbonyl (C=O) groups is 1. The normalized spacial score (nSPS) is 17.5. The van der Waals surface area contributed by atoms with Crippen LogP contribution < -0.4 is 5.32 Å². The van der Waals surface area contributed by atoms with Crippen molar-refractivity contribution in [3.63, 3.8) is 0 Å². The van der Waals surface area contributed by atoms with Crippen LogP contribution in [-0.4, -0.2) is 36.2 Å². The Morgan fingerprint density at radius 3 is 2.83 bits per heavy atom. The number of halogens is 1. The Bertz CT molecular complexity index is 1090. The van der Waals surface area contributed by atoms with Crippen LogP contribution in [0.25, 0.3) is 10.8 Å². The smallest absolute Gasteiger partial charge is 0.243 e. The van der Waals surface area contributed by atoms with E-state index in [-0.39, 0.29) is 17.3 Å². The summed E-state index contributed by atoms with van der Waals surface area (Å²) in [5.41, 5.74) is 0.576. The predicted molar refractivity (Wildman–Crippen MR) is 110 cm³/mol. The zero-order valence-electron chi connectivity index (χ0n) is 15.2. The van der Waals surface area contributed by atoms with Gasteiger partial charge in [0.2, 0.25) is 21.8 Å². The highest BCUT2D eigenvalue weighted by Crippen LogP contribution is 2.27. The van der Waals surface area contributed by atoms with Crippen molar-refractivity contribution in [3.05, 3.63) is 58.8 Å². The summed E-state index contributed by atoms with van der Waals surface area (Å²) in [7, 11) is -3.78. The Hall–Kier alpha value is -2.20. The predicted octanol–water partition coefficient (Wildman–Crippen LogP) is 3.53. The Labute approximate surface area is 177 Å². The maximum atomic E-state index is 12.9. The number of carbonyl (C=O) groups excluding carboxylic acids is 1. The maximum absolute atomic E-state index is 12.9. The first kappa shape index (κ1) is 20.1. The zero-order valence-corrected chi connectivity index (χ0v) is 17.6. The Balaban J connectivity index is 1.43. The first-order valence-corrected chi connectivity index (χ1v) is 11.7. The van der Waals surface area contributed by atoms with Crippen molar-refractivity contribution in [2.24, 2.45) is 0 Å². The lowest BCUT2D eigenvalue weighted by Crippen LogP contribution is -2.45. The van der Waals surface area contributed by atoms with Gasteiger partial charge in [0.15, 0.2) is 0 Å². The minimum atomic E-state index is -3.78. The lowest BCUT2D eigenvalue weighted by molar-refractivity contribution is -0.124. The number of oxazole rings is 1. The summed E-state index contributed by atoms with van der Waals surface area (Å²) in [6.45, 7) is 0.467. The molecule has 1 N–H and O–H groups in total. The molecular weight excluding hydrogens is 434 g/mol. The molecule has 3 heterocycles. The minimum Gasteiger partial charge on any atom is -0.443 e. The van der Waals surface area contributed by atoms with Crippen LogP contribution in [0.5, 0.6) is 0 Å². The number of aromatic nitrogens is 1. The van der Waals surface area contributed by atoms with Crippen molar-refractivity contribution < 1.29 is 17.6 Å². The second-order valence-corrected chi connectivity index (χ2v) is 9.84. The van der Waals surface area contributed by atoms with Crippen molar-refractivity contribution in [2.75, 3.05) is 6.54 Å². The van der Waals surface area contributed by atoms with E-state index in [0.717, 1.165) is 4.88 Å². The van der Waals surface area contributed by atoms with E-state index in [1.54, 1.807) is 0 Å². The van der Waals surface area contributed by atoms with Gasteiger partial charge in [-0.2, -0.15) is 4.31 Å². The summed E-state index contributed by atoms with van der Waals surface area (Å²) < 4.78 is 32.6. The van der Waals surface area contributed by atoms with E-state index in [9.17, 15) is 13.2 Å². The number of rotatable bonds is 6. The van der Waals surface area contributed by atoms with Crippen LogP contribution in [0.4, 0.5) is 0 Å². The quantitative estimate of drug-likeness (QED) is 0.618. The van der Waals surface area contributed by atoms with Crippen LogP contribution in [0.1, 0.15) is 18.5 Å². The number of hydrogen-bond donors (Lipinski definition) is 1. The topological polar surface area (TPSA) is 92.5 Å². The van der Waals surface area contributed by atoms with Crippen LogP contribution in [0.15, 0.2) is 57.4 Å². The first-order valence-electron chi connectivity index (χ1n) is 8.98. The summed E-state index contributed by atoms with van der Waals surface area (Å²) in [6, 6.07) is 9.00. The third kappa shape index (κ3) is 4.23.